The maximum atomic E-state index is 13.1. The molecule has 0 aliphatic carbocycles. The van der Waals surface area contributed by atoms with Crippen LogP contribution in [0.3, 0.4) is 0 Å². The number of para-hydroxylation sites is 1. The zero-order valence-electron chi connectivity index (χ0n) is 13.2. The van der Waals surface area contributed by atoms with Crippen LogP contribution in [0.5, 0.6) is 0 Å². The number of anilines is 1. The monoisotopic (exact) mass is 336 g/mol. The summed E-state index contributed by atoms with van der Waals surface area (Å²) >= 11 is 1.80. The Morgan fingerprint density at radius 1 is 1.21 bits per heavy atom. The summed E-state index contributed by atoms with van der Waals surface area (Å²) in [4.78, 5) is 20.3. The lowest BCUT2D eigenvalue weighted by Crippen LogP contribution is -2.39. The molecule has 24 heavy (non-hydrogen) atoms. The summed E-state index contributed by atoms with van der Waals surface area (Å²) in [5.74, 6) is -0.0800. The van der Waals surface area contributed by atoms with Crippen LogP contribution in [0.4, 0.5) is 5.69 Å². The molecule has 3 heterocycles. The van der Waals surface area contributed by atoms with Gasteiger partial charge < -0.3 is 4.90 Å². The van der Waals surface area contributed by atoms with Gasteiger partial charge in [0.15, 0.2) is 0 Å². The molecule has 1 atom stereocenters. The first-order valence-corrected chi connectivity index (χ1v) is 8.64. The van der Waals surface area contributed by atoms with E-state index in [1.165, 1.54) is 0 Å². The molecule has 1 amide bonds. The van der Waals surface area contributed by atoms with Gasteiger partial charge in [-0.15, -0.1) is 11.8 Å². The largest absolute Gasteiger partial charge is 0.305 e. The Morgan fingerprint density at radius 2 is 2.08 bits per heavy atom. The molecule has 0 bridgehead atoms. The molecule has 0 spiro atoms. The smallest absolute Gasteiger partial charge is 0.277 e. The van der Waals surface area contributed by atoms with Gasteiger partial charge in [-0.3, -0.25) is 9.78 Å². The van der Waals surface area contributed by atoms with E-state index < -0.39 is 0 Å². The molecule has 120 valence electrons. The average molecular weight is 336 g/mol. The zero-order valence-corrected chi connectivity index (χ0v) is 14.0. The lowest BCUT2D eigenvalue weighted by atomic mass is 10.2. The molecule has 0 N–H and O–H groups in total. The van der Waals surface area contributed by atoms with Crippen LogP contribution in [0.15, 0.2) is 66.0 Å². The summed E-state index contributed by atoms with van der Waals surface area (Å²) in [6, 6.07) is 13.5. The third kappa shape index (κ3) is 2.69. The van der Waals surface area contributed by atoms with E-state index in [0.717, 1.165) is 16.3 Å². The second kappa shape index (κ2) is 6.13. The van der Waals surface area contributed by atoms with Crippen LogP contribution >= 0.6 is 11.8 Å². The van der Waals surface area contributed by atoms with E-state index in [-0.39, 0.29) is 5.91 Å². The van der Waals surface area contributed by atoms with Gasteiger partial charge in [-0.05, 0) is 30.3 Å². The Labute approximate surface area is 144 Å². The number of nitrogens with zero attached hydrogens (tertiary/aromatic N) is 4. The number of fused-ring (bicyclic) bond motifs is 1. The molecule has 0 fully saturated rings. The quantitative estimate of drug-likeness (QED) is 0.720. The fourth-order valence-electron chi connectivity index (χ4n) is 2.82. The van der Waals surface area contributed by atoms with Crippen molar-refractivity contribution in [3.63, 3.8) is 0 Å². The van der Waals surface area contributed by atoms with Crippen molar-refractivity contribution in [2.75, 3.05) is 11.4 Å². The van der Waals surface area contributed by atoms with Crippen LogP contribution < -0.4 is 4.90 Å². The fourth-order valence-corrected chi connectivity index (χ4v) is 3.93. The van der Waals surface area contributed by atoms with Crippen molar-refractivity contribution in [3.8, 4) is 5.69 Å². The first-order chi connectivity index (χ1) is 11.7. The predicted octanol–water partition coefficient (Wildman–Crippen LogP) is 3.41. The second-order valence-corrected chi connectivity index (χ2v) is 7.14. The number of hydrogen-bond donors (Lipinski definition) is 0. The van der Waals surface area contributed by atoms with E-state index in [1.807, 2.05) is 41.4 Å². The predicted molar refractivity (Wildman–Crippen MR) is 94.8 cm³/mol. The molecule has 5 nitrogen and oxygen atoms in total. The zero-order chi connectivity index (χ0) is 16.5. The van der Waals surface area contributed by atoms with Gasteiger partial charge in [0.2, 0.25) is 0 Å². The van der Waals surface area contributed by atoms with Gasteiger partial charge in [0.25, 0.3) is 5.91 Å². The summed E-state index contributed by atoms with van der Waals surface area (Å²) < 4.78 is 1.72. The summed E-state index contributed by atoms with van der Waals surface area (Å²) in [5.41, 5.74) is 2.21. The average Bonchev–Trinajstić information content (AvgIpc) is 3.15. The van der Waals surface area contributed by atoms with E-state index in [0.29, 0.717) is 17.5 Å². The minimum Gasteiger partial charge on any atom is -0.305 e. The molecule has 0 saturated heterocycles. The first kappa shape index (κ1) is 15.0. The molecule has 6 heteroatoms. The lowest BCUT2D eigenvalue weighted by molar-refractivity contribution is 0.0981. The number of amides is 1. The highest BCUT2D eigenvalue weighted by Crippen LogP contribution is 2.38. The van der Waals surface area contributed by atoms with E-state index >= 15 is 0 Å². The number of carbonyl (C=O) groups excluding carboxylic acids is 1. The number of benzene rings is 1. The maximum absolute atomic E-state index is 13.1. The first-order valence-electron chi connectivity index (χ1n) is 7.76. The van der Waals surface area contributed by atoms with Gasteiger partial charge in [-0.2, -0.15) is 5.10 Å². The van der Waals surface area contributed by atoms with E-state index in [1.54, 1.807) is 34.9 Å². The molecule has 2 aromatic heterocycles. The Morgan fingerprint density at radius 3 is 2.92 bits per heavy atom. The van der Waals surface area contributed by atoms with Gasteiger partial charge in [0, 0.05) is 35.3 Å². The highest BCUT2D eigenvalue weighted by atomic mass is 32.2. The summed E-state index contributed by atoms with van der Waals surface area (Å²) in [5, 5.41) is 4.55. The maximum Gasteiger partial charge on any atom is 0.277 e. The highest BCUT2D eigenvalue weighted by molar-refractivity contribution is 8.00. The Bertz CT molecular complexity index is 878. The molecule has 0 saturated carbocycles. The Kier molecular flexibility index (Phi) is 3.82. The van der Waals surface area contributed by atoms with Crippen molar-refractivity contribution < 1.29 is 4.79 Å². The van der Waals surface area contributed by atoms with E-state index in [2.05, 4.69) is 23.1 Å². The second-order valence-electron chi connectivity index (χ2n) is 5.66. The van der Waals surface area contributed by atoms with Crippen LogP contribution in [-0.4, -0.2) is 32.5 Å². The molecule has 1 aromatic carbocycles. The van der Waals surface area contributed by atoms with E-state index in [9.17, 15) is 4.79 Å². The van der Waals surface area contributed by atoms with Crippen molar-refractivity contribution in [2.24, 2.45) is 0 Å². The third-order valence-electron chi connectivity index (χ3n) is 3.90. The van der Waals surface area contributed by atoms with Crippen LogP contribution in [-0.2, 0) is 0 Å². The van der Waals surface area contributed by atoms with Crippen molar-refractivity contribution >= 4 is 23.4 Å². The highest BCUT2D eigenvalue weighted by Gasteiger charge is 2.28. The van der Waals surface area contributed by atoms with Crippen LogP contribution in [0, 0.1) is 0 Å². The van der Waals surface area contributed by atoms with Crippen LogP contribution in [0.1, 0.15) is 17.4 Å². The lowest BCUT2D eigenvalue weighted by Gasteiger charge is -2.32. The van der Waals surface area contributed by atoms with Crippen molar-refractivity contribution in [1.29, 1.82) is 0 Å². The van der Waals surface area contributed by atoms with Gasteiger partial charge >= 0.3 is 0 Å². The summed E-state index contributed by atoms with van der Waals surface area (Å²) in [6.45, 7) is 2.81. The molecule has 4 rings (SSSR count). The van der Waals surface area contributed by atoms with Crippen molar-refractivity contribution in [2.45, 2.75) is 17.1 Å². The van der Waals surface area contributed by atoms with Gasteiger partial charge in [0.05, 0.1) is 11.4 Å². The molecule has 0 unspecified atom stereocenters. The Balaban J connectivity index is 1.71. The van der Waals surface area contributed by atoms with Crippen LogP contribution in [0.25, 0.3) is 5.69 Å². The minimum absolute atomic E-state index is 0.0800. The molecule has 1 aliphatic rings. The summed E-state index contributed by atoms with van der Waals surface area (Å²) in [7, 11) is 0. The number of thioether (sulfide) groups is 1. The molecule has 0 radical (unpaired) electrons. The van der Waals surface area contributed by atoms with Gasteiger partial charge in [-0.1, -0.05) is 19.1 Å². The normalized spacial score (nSPS) is 16.7. The van der Waals surface area contributed by atoms with Gasteiger partial charge in [-0.25, -0.2) is 4.68 Å². The van der Waals surface area contributed by atoms with Crippen molar-refractivity contribution in [1.82, 2.24) is 14.8 Å². The molecule has 1 aliphatic heterocycles. The number of carbonyl (C=O) groups is 1. The van der Waals surface area contributed by atoms with Crippen LogP contribution in [0.2, 0.25) is 0 Å². The molecular weight excluding hydrogens is 320 g/mol. The number of hydrogen-bond acceptors (Lipinski definition) is 4. The standard InChI is InChI=1S/C18H16N4OS/c1-13-12-21(16-5-2-3-6-17(16)24-13)18(23)15-11-14(7-9-19-15)22-10-4-8-20-22/h2-11,13H,12H2,1H3/t13-/m0/s1. The third-order valence-corrected chi connectivity index (χ3v) is 5.05. The minimum atomic E-state index is -0.0800. The molecule has 3 aromatic rings. The van der Waals surface area contributed by atoms with E-state index in [4.69, 9.17) is 0 Å². The number of aromatic nitrogens is 3. The number of pyridine rings is 1. The fraction of sp³-hybridized carbons (Fsp3) is 0.167. The number of rotatable bonds is 2. The SMILES string of the molecule is C[C@H]1CN(C(=O)c2cc(-n3cccn3)ccn2)c2ccccc2S1. The van der Waals surface area contributed by atoms with Crippen molar-refractivity contribution in [3.05, 3.63) is 66.7 Å². The topological polar surface area (TPSA) is 51.0 Å². The Hall–Kier alpha value is -2.60. The molecular formula is C18H16N4OS. The van der Waals surface area contributed by atoms with Gasteiger partial charge in [0.1, 0.15) is 5.69 Å². The summed E-state index contributed by atoms with van der Waals surface area (Å²) in [6.07, 6.45) is 5.21.